The van der Waals surface area contributed by atoms with Crippen molar-refractivity contribution in [3.05, 3.63) is 23.9 Å². The zero-order chi connectivity index (χ0) is 7.56. The summed E-state index contributed by atoms with van der Waals surface area (Å²) in [6.45, 7) is 4.42. The van der Waals surface area contributed by atoms with Gasteiger partial charge in [-0.15, -0.1) is 0 Å². The van der Waals surface area contributed by atoms with Gasteiger partial charge in [-0.05, 0) is 11.8 Å². The highest BCUT2D eigenvalue weighted by Crippen LogP contribution is 2.19. The Bertz CT molecular complexity index is 168. The van der Waals surface area contributed by atoms with E-state index >= 15 is 0 Å². The average molecular weight is 137 g/mol. The van der Waals surface area contributed by atoms with Crippen LogP contribution in [0.2, 0.25) is 0 Å². The monoisotopic (exact) mass is 137 g/mol. The van der Waals surface area contributed by atoms with Gasteiger partial charge in [0.15, 0.2) is 0 Å². The van der Waals surface area contributed by atoms with Gasteiger partial charge in [0.05, 0.1) is 0 Å². The molecule has 2 atom stereocenters. The molecule has 10 heavy (non-hydrogen) atoms. The molecule has 0 aromatic carbocycles. The van der Waals surface area contributed by atoms with Gasteiger partial charge in [-0.25, -0.2) is 0 Å². The second kappa shape index (κ2) is 2.91. The largest absolute Gasteiger partial charge is 0.402 e. The first-order valence-electron chi connectivity index (χ1n) is 3.83. The minimum Gasteiger partial charge on any atom is -0.402 e. The molecule has 1 aliphatic carbocycles. The van der Waals surface area contributed by atoms with Crippen molar-refractivity contribution in [1.29, 1.82) is 0 Å². The lowest BCUT2D eigenvalue weighted by Crippen LogP contribution is -2.03. The minimum absolute atomic E-state index is 0.596. The van der Waals surface area contributed by atoms with E-state index in [-0.39, 0.29) is 0 Å². The highest BCUT2D eigenvalue weighted by Gasteiger charge is 2.08. The van der Waals surface area contributed by atoms with Crippen LogP contribution in [0.3, 0.4) is 0 Å². The Morgan fingerprint density at radius 1 is 1.40 bits per heavy atom. The molecule has 0 aliphatic heterocycles. The molecule has 0 amide bonds. The molecule has 0 fully saturated rings. The number of allylic oxidation sites excluding steroid dienone is 3. The van der Waals surface area contributed by atoms with Gasteiger partial charge < -0.3 is 5.73 Å². The molecule has 1 nitrogen and oxygen atoms in total. The van der Waals surface area contributed by atoms with Gasteiger partial charge in [0.25, 0.3) is 0 Å². The fourth-order valence-corrected chi connectivity index (χ4v) is 1.15. The van der Waals surface area contributed by atoms with Gasteiger partial charge in [0, 0.05) is 12.1 Å². The normalized spacial score (nSPS) is 33.2. The molecule has 0 bridgehead atoms. The Morgan fingerprint density at radius 3 is 2.80 bits per heavy atom. The van der Waals surface area contributed by atoms with E-state index in [9.17, 15) is 0 Å². The average Bonchev–Trinajstić information content (AvgIpc) is 1.96. The van der Waals surface area contributed by atoms with Crippen LogP contribution in [-0.4, -0.2) is 0 Å². The predicted molar refractivity (Wildman–Crippen MR) is 44.4 cm³/mol. The van der Waals surface area contributed by atoms with Crippen molar-refractivity contribution >= 4 is 0 Å². The highest BCUT2D eigenvalue weighted by atomic mass is 14.6. The Labute approximate surface area is 62.6 Å². The van der Waals surface area contributed by atoms with Crippen molar-refractivity contribution in [2.75, 3.05) is 0 Å². The van der Waals surface area contributed by atoms with Gasteiger partial charge in [-0.1, -0.05) is 32.1 Å². The molecule has 1 rings (SSSR count). The summed E-state index contributed by atoms with van der Waals surface area (Å²) in [5, 5.41) is 0. The first-order chi connectivity index (χ1) is 4.70. The van der Waals surface area contributed by atoms with Crippen LogP contribution >= 0.6 is 0 Å². The van der Waals surface area contributed by atoms with E-state index in [1.54, 1.807) is 0 Å². The quantitative estimate of drug-likeness (QED) is 0.508. The van der Waals surface area contributed by atoms with Crippen LogP contribution in [0, 0.1) is 11.8 Å². The molecular formula is C9H15N. The standard InChI is InChI=1S/C9H15N/c1-7-4-3-5-9(10)6-8(7)2/h3-4,6-8H,5,10H2,1-2H3/t7?,8-/m1/s1. The second-order valence-electron chi connectivity index (χ2n) is 3.09. The molecular weight excluding hydrogens is 122 g/mol. The fourth-order valence-electron chi connectivity index (χ4n) is 1.15. The summed E-state index contributed by atoms with van der Waals surface area (Å²) >= 11 is 0. The van der Waals surface area contributed by atoms with Gasteiger partial charge in [-0.3, -0.25) is 0 Å². The molecule has 1 aliphatic rings. The van der Waals surface area contributed by atoms with Crippen LogP contribution in [0.15, 0.2) is 23.9 Å². The summed E-state index contributed by atoms with van der Waals surface area (Å²) in [4.78, 5) is 0. The van der Waals surface area contributed by atoms with E-state index in [1.165, 1.54) is 0 Å². The molecule has 1 heteroatoms. The third-order valence-corrected chi connectivity index (χ3v) is 2.10. The smallest absolute Gasteiger partial charge is 0.00812 e. The maximum atomic E-state index is 5.70. The maximum absolute atomic E-state index is 5.70. The molecule has 0 spiro atoms. The maximum Gasteiger partial charge on any atom is 0.00812 e. The Balaban J connectivity index is 2.72. The van der Waals surface area contributed by atoms with E-state index in [0.717, 1.165) is 12.1 Å². The molecule has 1 unspecified atom stereocenters. The summed E-state index contributed by atoms with van der Waals surface area (Å²) in [5.74, 6) is 1.24. The second-order valence-corrected chi connectivity index (χ2v) is 3.09. The zero-order valence-electron chi connectivity index (χ0n) is 6.67. The van der Waals surface area contributed by atoms with Crippen LogP contribution in [-0.2, 0) is 0 Å². The summed E-state index contributed by atoms with van der Waals surface area (Å²) in [7, 11) is 0. The predicted octanol–water partition coefficient (Wildman–Crippen LogP) is 2.06. The van der Waals surface area contributed by atoms with Crippen LogP contribution in [0.25, 0.3) is 0 Å². The van der Waals surface area contributed by atoms with Crippen molar-refractivity contribution in [3.8, 4) is 0 Å². The van der Waals surface area contributed by atoms with E-state index in [1.807, 2.05) is 0 Å². The molecule has 0 aromatic rings. The van der Waals surface area contributed by atoms with E-state index in [4.69, 9.17) is 5.73 Å². The molecule has 0 aromatic heterocycles. The van der Waals surface area contributed by atoms with Crippen LogP contribution < -0.4 is 5.73 Å². The van der Waals surface area contributed by atoms with Crippen LogP contribution in [0.5, 0.6) is 0 Å². The van der Waals surface area contributed by atoms with Crippen molar-refractivity contribution in [2.24, 2.45) is 17.6 Å². The third-order valence-electron chi connectivity index (χ3n) is 2.10. The van der Waals surface area contributed by atoms with E-state index in [0.29, 0.717) is 11.8 Å². The van der Waals surface area contributed by atoms with Crippen LogP contribution in [0.4, 0.5) is 0 Å². The summed E-state index contributed by atoms with van der Waals surface area (Å²) in [6, 6.07) is 0. The van der Waals surface area contributed by atoms with Crippen molar-refractivity contribution in [3.63, 3.8) is 0 Å². The third kappa shape index (κ3) is 1.63. The first kappa shape index (κ1) is 7.39. The van der Waals surface area contributed by atoms with Gasteiger partial charge in [0.2, 0.25) is 0 Å². The Hall–Kier alpha value is -0.720. The molecule has 2 N–H and O–H groups in total. The van der Waals surface area contributed by atoms with Gasteiger partial charge in [-0.2, -0.15) is 0 Å². The number of hydrogen-bond acceptors (Lipinski definition) is 1. The number of hydrogen-bond donors (Lipinski definition) is 1. The molecule has 0 radical (unpaired) electrons. The van der Waals surface area contributed by atoms with E-state index < -0.39 is 0 Å². The van der Waals surface area contributed by atoms with Crippen molar-refractivity contribution in [2.45, 2.75) is 20.3 Å². The summed E-state index contributed by atoms with van der Waals surface area (Å²) in [5.41, 5.74) is 6.70. The van der Waals surface area contributed by atoms with Gasteiger partial charge in [0.1, 0.15) is 0 Å². The topological polar surface area (TPSA) is 26.0 Å². The lowest BCUT2D eigenvalue weighted by molar-refractivity contribution is 0.558. The fraction of sp³-hybridized carbons (Fsp3) is 0.556. The van der Waals surface area contributed by atoms with Crippen LogP contribution in [0.1, 0.15) is 20.3 Å². The van der Waals surface area contributed by atoms with E-state index in [2.05, 4.69) is 32.1 Å². The molecule has 56 valence electrons. The Morgan fingerprint density at radius 2 is 2.10 bits per heavy atom. The van der Waals surface area contributed by atoms with Gasteiger partial charge >= 0.3 is 0 Å². The first-order valence-corrected chi connectivity index (χ1v) is 3.83. The molecule has 0 saturated carbocycles. The SMILES string of the molecule is CC1C=CCC(N)=C[C@H]1C. The lowest BCUT2D eigenvalue weighted by Gasteiger charge is -2.09. The zero-order valence-corrected chi connectivity index (χ0v) is 6.67. The molecule has 0 saturated heterocycles. The lowest BCUT2D eigenvalue weighted by atomic mass is 9.96. The highest BCUT2D eigenvalue weighted by molar-refractivity contribution is 5.11. The summed E-state index contributed by atoms with van der Waals surface area (Å²) in [6.07, 6.45) is 7.47. The van der Waals surface area contributed by atoms with Crippen molar-refractivity contribution in [1.82, 2.24) is 0 Å². The molecule has 0 heterocycles. The minimum atomic E-state index is 0.596. The number of rotatable bonds is 0. The summed E-state index contributed by atoms with van der Waals surface area (Å²) < 4.78 is 0. The van der Waals surface area contributed by atoms with Crippen molar-refractivity contribution < 1.29 is 0 Å². The number of nitrogens with two attached hydrogens (primary N) is 1. The Kier molecular flexibility index (Phi) is 2.15.